The first-order chi connectivity index (χ1) is 9.42. The van der Waals surface area contributed by atoms with Gasteiger partial charge in [-0.05, 0) is 25.0 Å². The lowest BCUT2D eigenvalue weighted by atomic mass is 9.97. The number of nitrogens with one attached hydrogen (secondary N) is 1. The van der Waals surface area contributed by atoms with Crippen molar-refractivity contribution in [2.75, 3.05) is 5.32 Å². The van der Waals surface area contributed by atoms with Crippen LogP contribution in [0.4, 0.5) is 5.82 Å². The Bertz CT molecular complexity index is 532. The first-order valence-corrected chi connectivity index (χ1v) is 7.26. The van der Waals surface area contributed by atoms with Crippen LogP contribution in [0.3, 0.4) is 0 Å². The monoisotopic (exact) mass is 256 g/mol. The van der Waals surface area contributed by atoms with Crippen LogP contribution in [0.5, 0.6) is 0 Å². The molecule has 0 radical (unpaired) electrons. The van der Waals surface area contributed by atoms with Crippen LogP contribution in [0.25, 0.3) is 11.2 Å². The molecule has 1 saturated carbocycles. The summed E-state index contributed by atoms with van der Waals surface area (Å²) in [5.74, 6) is 0.929. The van der Waals surface area contributed by atoms with Gasteiger partial charge in [0.25, 0.3) is 0 Å². The van der Waals surface area contributed by atoms with E-state index in [1.165, 1.54) is 44.9 Å². The van der Waals surface area contributed by atoms with Gasteiger partial charge in [-0.1, -0.05) is 32.1 Å². The van der Waals surface area contributed by atoms with Gasteiger partial charge in [0.15, 0.2) is 5.65 Å². The van der Waals surface area contributed by atoms with Crippen molar-refractivity contribution >= 4 is 17.0 Å². The van der Waals surface area contributed by atoms with Gasteiger partial charge in [0.05, 0.1) is 0 Å². The van der Waals surface area contributed by atoms with Crippen LogP contribution in [0.1, 0.15) is 44.9 Å². The van der Waals surface area contributed by atoms with Crippen LogP contribution in [0, 0.1) is 0 Å². The van der Waals surface area contributed by atoms with Crippen LogP contribution >= 0.6 is 0 Å². The topological polar surface area (TPSA) is 50.7 Å². The van der Waals surface area contributed by atoms with Crippen LogP contribution in [0.2, 0.25) is 0 Å². The molecule has 19 heavy (non-hydrogen) atoms. The number of nitrogens with zero attached hydrogens (tertiary/aromatic N) is 3. The highest BCUT2D eigenvalue weighted by Gasteiger charge is 2.11. The Balaban J connectivity index is 1.72. The van der Waals surface area contributed by atoms with Gasteiger partial charge >= 0.3 is 0 Å². The average molecular weight is 256 g/mol. The van der Waals surface area contributed by atoms with Gasteiger partial charge in [-0.25, -0.2) is 9.97 Å². The minimum atomic E-state index is 0.557. The number of rotatable bonds is 2. The summed E-state index contributed by atoms with van der Waals surface area (Å²) in [5.41, 5.74) is 1.57. The lowest BCUT2D eigenvalue weighted by Gasteiger charge is -2.21. The molecule has 4 nitrogen and oxygen atoms in total. The largest absolute Gasteiger partial charge is 0.367 e. The highest BCUT2D eigenvalue weighted by atomic mass is 15.0. The first-order valence-electron chi connectivity index (χ1n) is 7.26. The Kier molecular flexibility index (Phi) is 3.86. The first kappa shape index (κ1) is 12.3. The minimum Gasteiger partial charge on any atom is -0.367 e. The van der Waals surface area contributed by atoms with Gasteiger partial charge in [0, 0.05) is 18.4 Å². The third-order valence-corrected chi connectivity index (χ3v) is 3.79. The van der Waals surface area contributed by atoms with Crippen LogP contribution in [0.15, 0.2) is 24.5 Å². The summed E-state index contributed by atoms with van der Waals surface area (Å²) in [4.78, 5) is 13.0. The third-order valence-electron chi connectivity index (χ3n) is 3.79. The number of anilines is 1. The van der Waals surface area contributed by atoms with Crippen molar-refractivity contribution in [3.63, 3.8) is 0 Å². The van der Waals surface area contributed by atoms with Gasteiger partial charge < -0.3 is 5.32 Å². The Labute approximate surface area is 113 Å². The van der Waals surface area contributed by atoms with Gasteiger partial charge in [0.2, 0.25) is 0 Å². The van der Waals surface area contributed by atoms with Gasteiger partial charge in [-0.2, -0.15) is 0 Å². The Morgan fingerprint density at radius 3 is 2.47 bits per heavy atom. The summed E-state index contributed by atoms with van der Waals surface area (Å²) in [5, 5.41) is 3.56. The van der Waals surface area contributed by atoms with Crippen molar-refractivity contribution in [2.45, 2.75) is 51.0 Å². The van der Waals surface area contributed by atoms with Gasteiger partial charge in [-0.15, -0.1) is 0 Å². The smallest absolute Gasteiger partial charge is 0.180 e. The van der Waals surface area contributed by atoms with Crippen LogP contribution < -0.4 is 5.32 Å². The molecule has 2 heterocycles. The number of fused-ring (bicyclic) bond motifs is 1. The van der Waals surface area contributed by atoms with Crippen LogP contribution in [-0.2, 0) is 0 Å². The van der Waals surface area contributed by atoms with Gasteiger partial charge in [-0.3, -0.25) is 4.98 Å². The second kappa shape index (κ2) is 5.95. The highest BCUT2D eigenvalue weighted by Crippen LogP contribution is 2.20. The van der Waals surface area contributed by atoms with E-state index in [0.29, 0.717) is 6.04 Å². The SMILES string of the molecule is c1cnc2nc(NC3CCCCCCC3)ccc2n1. The molecule has 0 saturated heterocycles. The molecule has 2 aromatic heterocycles. The van der Waals surface area contributed by atoms with E-state index in [0.717, 1.165) is 17.0 Å². The molecule has 0 atom stereocenters. The van der Waals surface area contributed by atoms with E-state index in [9.17, 15) is 0 Å². The zero-order chi connectivity index (χ0) is 12.9. The average Bonchev–Trinajstić information content (AvgIpc) is 2.41. The van der Waals surface area contributed by atoms with Crippen molar-refractivity contribution in [1.29, 1.82) is 0 Å². The van der Waals surface area contributed by atoms with Crippen molar-refractivity contribution in [3.05, 3.63) is 24.5 Å². The Hall–Kier alpha value is -1.71. The molecule has 1 aliphatic carbocycles. The molecule has 3 rings (SSSR count). The third kappa shape index (κ3) is 3.19. The lowest BCUT2D eigenvalue weighted by molar-refractivity contribution is 0.471. The van der Waals surface area contributed by atoms with E-state index in [4.69, 9.17) is 0 Å². The predicted octanol–water partition coefficient (Wildman–Crippen LogP) is 3.55. The van der Waals surface area contributed by atoms with Crippen molar-refractivity contribution in [2.24, 2.45) is 0 Å². The van der Waals surface area contributed by atoms with Crippen molar-refractivity contribution in [3.8, 4) is 0 Å². The summed E-state index contributed by atoms with van der Waals surface area (Å²) >= 11 is 0. The molecular weight excluding hydrogens is 236 g/mol. The normalized spacial score (nSPS) is 17.9. The lowest BCUT2D eigenvalue weighted by Crippen LogP contribution is -2.21. The number of hydrogen-bond acceptors (Lipinski definition) is 4. The maximum atomic E-state index is 4.54. The molecule has 1 N–H and O–H groups in total. The summed E-state index contributed by atoms with van der Waals surface area (Å²) in [6, 6.07) is 4.55. The molecule has 1 fully saturated rings. The molecule has 100 valence electrons. The molecule has 1 aliphatic rings. The van der Waals surface area contributed by atoms with E-state index in [-0.39, 0.29) is 0 Å². The molecule has 0 amide bonds. The zero-order valence-corrected chi connectivity index (χ0v) is 11.2. The van der Waals surface area contributed by atoms with E-state index >= 15 is 0 Å². The summed E-state index contributed by atoms with van der Waals surface area (Å²) in [7, 11) is 0. The number of hydrogen-bond donors (Lipinski definition) is 1. The fourth-order valence-electron chi connectivity index (χ4n) is 2.74. The van der Waals surface area contributed by atoms with Crippen LogP contribution in [-0.4, -0.2) is 21.0 Å². The van der Waals surface area contributed by atoms with E-state index in [1.54, 1.807) is 12.4 Å². The van der Waals surface area contributed by atoms with Gasteiger partial charge in [0.1, 0.15) is 11.3 Å². The quantitative estimate of drug-likeness (QED) is 0.892. The van der Waals surface area contributed by atoms with Crippen molar-refractivity contribution in [1.82, 2.24) is 15.0 Å². The number of aromatic nitrogens is 3. The summed E-state index contributed by atoms with van der Waals surface area (Å²) < 4.78 is 0. The van der Waals surface area contributed by atoms with Crippen molar-refractivity contribution < 1.29 is 0 Å². The predicted molar refractivity (Wildman–Crippen MR) is 77.1 cm³/mol. The molecule has 4 heteroatoms. The zero-order valence-electron chi connectivity index (χ0n) is 11.2. The van der Waals surface area contributed by atoms with E-state index in [2.05, 4.69) is 20.3 Å². The Morgan fingerprint density at radius 2 is 1.63 bits per heavy atom. The summed E-state index contributed by atoms with van der Waals surface area (Å²) in [6.45, 7) is 0. The van der Waals surface area contributed by atoms with E-state index in [1.807, 2.05) is 12.1 Å². The molecular formula is C15H20N4. The molecule has 0 spiro atoms. The number of pyridine rings is 1. The van der Waals surface area contributed by atoms with E-state index < -0.39 is 0 Å². The maximum absolute atomic E-state index is 4.54. The standard InChI is InChI=1S/C15H20N4/c1-2-4-6-12(7-5-3-1)18-14-9-8-13-15(19-14)17-11-10-16-13/h8-12H,1-7H2,(H,17,18,19). The molecule has 2 aromatic rings. The highest BCUT2D eigenvalue weighted by molar-refractivity contribution is 5.71. The Morgan fingerprint density at radius 1 is 0.895 bits per heavy atom. The minimum absolute atomic E-state index is 0.557. The molecule has 0 aromatic carbocycles. The maximum Gasteiger partial charge on any atom is 0.180 e. The summed E-state index contributed by atoms with van der Waals surface area (Å²) in [6.07, 6.45) is 12.7. The second-order valence-electron chi connectivity index (χ2n) is 5.28. The molecule has 0 bridgehead atoms. The second-order valence-corrected chi connectivity index (χ2v) is 5.28. The fourth-order valence-corrected chi connectivity index (χ4v) is 2.74. The fraction of sp³-hybridized carbons (Fsp3) is 0.533. The molecule has 0 aliphatic heterocycles. The molecule has 0 unspecified atom stereocenters.